The van der Waals surface area contributed by atoms with Crippen LogP contribution >= 0.6 is 0 Å². The van der Waals surface area contributed by atoms with Crippen LogP contribution in [0.4, 0.5) is 4.79 Å². The average Bonchev–Trinajstić information content (AvgIpc) is 3.06. The van der Waals surface area contributed by atoms with Crippen LogP contribution in [0.3, 0.4) is 0 Å². The second-order valence-electron chi connectivity index (χ2n) is 5.81. The molecule has 0 saturated carbocycles. The number of carbonyl (C=O) groups excluding carboxylic acids is 1. The van der Waals surface area contributed by atoms with Crippen molar-refractivity contribution in [2.45, 2.75) is 40.4 Å². The summed E-state index contributed by atoms with van der Waals surface area (Å²) in [6, 6.07) is 1.65. The van der Waals surface area contributed by atoms with Crippen LogP contribution in [0.5, 0.6) is 0 Å². The molecule has 1 N–H and O–H groups in total. The Kier molecular flexibility index (Phi) is 5.97. The maximum Gasteiger partial charge on any atom is 0.317 e. The van der Waals surface area contributed by atoms with Gasteiger partial charge in [0.25, 0.3) is 0 Å². The summed E-state index contributed by atoms with van der Waals surface area (Å²) in [4.78, 5) is 13.8. The van der Waals surface area contributed by atoms with Crippen LogP contribution in [0.1, 0.15) is 28.4 Å². The first-order valence-electron chi connectivity index (χ1n) is 7.85. The highest BCUT2D eigenvalue weighted by molar-refractivity contribution is 5.73. The van der Waals surface area contributed by atoms with Crippen LogP contribution in [0.2, 0.25) is 0 Å². The zero-order valence-electron chi connectivity index (χ0n) is 14.9. The van der Waals surface area contributed by atoms with E-state index < -0.39 is 0 Å². The standard InChI is InChI=1S/C16H25N5O3/c1-11-8-14(19-24-11)10-20(4)16(22)17-9-15-12(2)18-21(13(15)3)6-7-23-5/h8H,6-7,9-10H2,1-5H3,(H,17,22). The fourth-order valence-corrected chi connectivity index (χ4v) is 2.49. The molecular weight excluding hydrogens is 310 g/mol. The number of ether oxygens (including phenoxy) is 1. The molecule has 0 spiro atoms. The van der Waals surface area contributed by atoms with E-state index in [4.69, 9.17) is 9.26 Å². The Morgan fingerprint density at radius 2 is 2.17 bits per heavy atom. The molecule has 0 atom stereocenters. The number of methoxy groups -OCH3 is 1. The number of aryl methyl sites for hydroxylation is 2. The van der Waals surface area contributed by atoms with Gasteiger partial charge in [0.15, 0.2) is 0 Å². The monoisotopic (exact) mass is 335 g/mol. The summed E-state index contributed by atoms with van der Waals surface area (Å²) in [5.74, 6) is 0.730. The quantitative estimate of drug-likeness (QED) is 0.834. The van der Waals surface area contributed by atoms with Crippen LogP contribution < -0.4 is 5.32 Å². The molecule has 8 heteroatoms. The molecule has 2 aromatic rings. The van der Waals surface area contributed by atoms with Crippen molar-refractivity contribution in [2.24, 2.45) is 0 Å². The van der Waals surface area contributed by atoms with Gasteiger partial charge in [0, 0.05) is 38.0 Å². The zero-order valence-corrected chi connectivity index (χ0v) is 14.9. The van der Waals surface area contributed by atoms with Crippen LogP contribution in [-0.2, 0) is 24.4 Å². The van der Waals surface area contributed by atoms with E-state index in [2.05, 4.69) is 15.6 Å². The lowest BCUT2D eigenvalue weighted by atomic mass is 10.2. The molecule has 0 unspecified atom stereocenters. The lowest BCUT2D eigenvalue weighted by Gasteiger charge is -2.16. The van der Waals surface area contributed by atoms with Crippen LogP contribution in [0, 0.1) is 20.8 Å². The SMILES string of the molecule is COCCn1nc(C)c(CNC(=O)N(C)Cc2cc(C)on2)c1C. The highest BCUT2D eigenvalue weighted by Crippen LogP contribution is 2.13. The molecule has 0 saturated heterocycles. The summed E-state index contributed by atoms with van der Waals surface area (Å²) >= 11 is 0. The van der Waals surface area contributed by atoms with E-state index in [1.165, 1.54) is 0 Å². The minimum absolute atomic E-state index is 0.168. The van der Waals surface area contributed by atoms with Gasteiger partial charge in [-0.3, -0.25) is 4.68 Å². The summed E-state index contributed by atoms with van der Waals surface area (Å²) in [7, 11) is 3.39. The van der Waals surface area contributed by atoms with Gasteiger partial charge in [0.2, 0.25) is 0 Å². The average molecular weight is 335 g/mol. The molecule has 0 aliphatic carbocycles. The third-order valence-corrected chi connectivity index (χ3v) is 3.88. The van der Waals surface area contributed by atoms with Crippen LogP contribution in [-0.4, -0.2) is 46.6 Å². The smallest absolute Gasteiger partial charge is 0.317 e. The number of carbonyl (C=O) groups is 1. The van der Waals surface area contributed by atoms with Crippen molar-refractivity contribution in [1.29, 1.82) is 0 Å². The molecule has 2 heterocycles. The van der Waals surface area contributed by atoms with Gasteiger partial charge in [-0.1, -0.05) is 5.16 Å². The molecule has 2 rings (SSSR count). The van der Waals surface area contributed by atoms with E-state index in [9.17, 15) is 4.79 Å². The Hall–Kier alpha value is -2.35. The number of nitrogens with one attached hydrogen (secondary N) is 1. The normalized spacial score (nSPS) is 10.9. The van der Waals surface area contributed by atoms with Crippen molar-refractivity contribution < 1.29 is 14.1 Å². The number of rotatable bonds is 7. The minimum Gasteiger partial charge on any atom is -0.383 e. The molecule has 0 aliphatic rings. The first kappa shape index (κ1) is 18.0. The van der Waals surface area contributed by atoms with Gasteiger partial charge in [-0.15, -0.1) is 0 Å². The molecule has 0 radical (unpaired) electrons. The van der Waals surface area contributed by atoms with E-state index in [1.54, 1.807) is 19.1 Å². The van der Waals surface area contributed by atoms with Crippen molar-refractivity contribution in [1.82, 2.24) is 25.2 Å². The predicted octanol–water partition coefficient (Wildman–Crippen LogP) is 1.78. The number of aromatic nitrogens is 3. The maximum atomic E-state index is 12.2. The lowest BCUT2D eigenvalue weighted by Crippen LogP contribution is -2.36. The maximum absolute atomic E-state index is 12.2. The molecule has 2 amide bonds. The Labute approximate surface area is 141 Å². The molecule has 0 fully saturated rings. The van der Waals surface area contributed by atoms with Crippen molar-refractivity contribution in [3.63, 3.8) is 0 Å². The third kappa shape index (κ3) is 4.35. The van der Waals surface area contributed by atoms with Crippen molar-refractivity contribution in [3.05, 3.63) is 34.5 Å². The number of urea groups is 1. The van der Waals surface area contributed by atoms with Gasteiger partial charge in [0.05, 0.1) is 25.4 Å². The lowest BCUT2D eigenvalue weighted by molar-refractivity contribution is 0.182. The Balaban J connectivity index is 1.92. The van der Waals surface area contributed by atoms with E-state index >= 15 is 0 Å². The third-order valence-electron chi connectivity index (χ3n) is 3.88. The van der Waals surface area contributed by atoms with Crippen LogP contribution in [0.15, 0.2) is 10.6 Å². The van der Waals surface area contributed by atoms with Crippen LogP contribution in [0.25, 0.3) is 0 Å². The highest BCUT2D eigenvalue weighted by atomic mass is 16.5. The van der Waals surface area contributed by atoms with Crippen molar-refractivity contribution in [3.8, 4) is 0 Å². The Morgan fingerprint density at radius 1 is 1.42 bits per heavy atom. The molecule has 0 aromatic carbocycles. The number of hydrogen-bond acceptors (Lipinski definition) is 5. The zero-order chi connectivity index (χ0) is 17.7. The van der Waals surface area contributed by atoms with E-state index in [0.29, 0.717) is 26.2 Å². The largest absolute Gasteiger partial charge is 0.383 e. The van der Waals surface area contributed by atoms with E-state index in [0.717, 1.165) is 28.4 Å². The van der Waals surface area contributed by atoms with Gasteiger partial charge in [-0.05, 0) is 20.8 Å². The van der Waals surface area contributed by atoms with Gasteiger partial charge >= 0.3 is 6.03 Å². The highest BCUT2D eigenvalue weighted by Gasteiger charge is 2.15. The fourth-order valence-electron chi connectivity index (χ4n) is 2.49. The summed E-state index contributed by atoms with van der Waals surface area (Å²) < 4.78 is 12.0. The van der Waals surface area contributed by atoms with Gasteiger partial charge in [-0.2, -0.15) is 5.10 Å². The van der Waals surface area contributed by atoms with Gasteiger partial charge < -0.3 is 19.5 Å². The number of nitrogens with zero attached hydrogens (tertiary/aromatic N) is 4. The van der Waals surface area contributed by atoms with Gasteiger partial charge in [0.1, 0.15) is 11.5 Å². The summed E-state index contributed by atoms with van der Waals surface area (Å²) in [5.41, 5.74) is 3.72. The first-order valence-corrected chi connectivity index (χ1v) is 7.85. The molecule has 0 aliphatic heterocycles. The number of amides is 2. The second kappa shape index (κ2) is 7.96. The fraction of sp³-hybridized carbons (Fsp3) is 0.562. The van der Waals surface area contributed by atoms with E-state index in [1.807, 2.05) is 31.5 Å². The Bertz CT molecular complexity index is 692. The molecular formula is C16H25N5O3. The van der Waals surface area contributed by atoms with Crippen molar-refractivity contribution >= 4 is 6.03 Å². The van der Waals surface area contributed by atoms with Gasteiger partial charge in [-0.25, -0.2) is 4.79 Å². The summed E-state index contributed by atoms with van der Waals surface area (Å²) in [6.45, 7) is 7.90. The Morgan fingerprint density at radius 3 is 2.79 bits per heavy atom. The van der Waals surface area contributed by atoms with E-state index in [-0.39, 0.29) is 6.03 Å². The molecule has 0 bridgehead atoms. The molecule has 24 heavy (non-hydrogen) atoms. The van der Waals surface area contributed by atoms with Crippen molar-refractivity contribution in [2.75, 3.05) is 20.8 Å². The predicted molar refractivity (Wildman–Crippen MR) is 88.5 cm³/mol. The second-order valence-corrected chi connectivity index (χ2v) is 5.81. The number of hydrogen-bond donors (Lipinski definition) is 1. The summed E-state index contributed by atoms with van der Waals surface area (Å²) in [5, 5.41) is 11.3. The molecule has 2 aromatic heterocycles. The topological polar surface area (TPSA) is 85.4 Å². The first-order chi connectivity index (χ1) is 11.4. The summed E-state index contributed by atoms with van der Waals surface area (Å²) in [6.07, 6.45) is 0. The minimum atomic E-state index is -0.168. The molecule has 132 valence electrons. The molecule has 8 nitrogen and oxygen atoms in total.